The zero-order valence-electron chi connectivity index (χ0n) is 12.5. The van der Waals surface area contributed by atoms with Gasteiger partial charge in [-0.05, 0) is 40.8 Å². The SMILES string of the molecule is Cc1c(N)cccc1C(O)c1ccc(-c2ccccc2)cc1. The first kappa shape index (κ1) is 14.4. The highest BCUT2D eigenvalue weighted by molar-refractivity contribution is 5.63. The molecule has 1 unspecified atom stereocenters. The highest BCUT2D eigenvalue weighted by Gasteiger charge is 2.14. The highest BCUT2D eigenvalue weighted by Crippen LogP contribution is 2.29. The lowest BCUT2D eigenvalue weighted by atomic mass is 9.95. The summed E-state index contributed by atoms with van der Waals surface area (Å²) in [5.74, 6) is 0. The highest BCUT2D eigenvalue weighted by atomic mass is 16.3. The Morgan fingerprint density at radius 3 is 2.09 bits per heavy atom. The zero-order chi connectivity index (χ0) is 15.5. The van der Waals surface area contributed by atoms with Gasteiger partial charge >= 0.3 is 0 Å². The molecule has 3 rings (SSSR count). The van der Waals surface area contributed by atoms with Crippen molar-refractivity contribution in [3.63, 3.8) is 0 Å². The fourth-order valence-electron chi connectivity index (χ4n) is 2.64. The third kappa shape index (κ3) is 2.74. The van der Waals surface area contributed by atoms with Crippen LogP contribution in [-0.2, 0) is 0 Å². The Bertz CT molecular complexity index is 763. The second kappa shape index (κ2) is 6.04. The minimum Gasteiger partial charge on any atom is -0.399 e. The summed E-state index contributed by atoms with van der Waals surface area (Å²) >= 11 is 0. The average Bonchev–Trinajstić information content (AvgIpc) is 2.58. The molecule has 22 heavy (non-hydrogen) atoms. The number of hydrogen-bond acceptors (Lipinski definition) is 2. The molecule has 3 N–H and O–H groups in total. The molecule has 1 atom stereocenters. The Labute approximate surface area is 130 Å². The Kier molecular flexibility index (Phi) is 3.94. The second-order valence-corrected chi connectivity index (χ2v) is 5.45. The van der Waals surface area contributed by atoms with Gasteiger partial charge in [0.25, 0.3) is 0 Å². The molecule has 0 aromatic heterocycles. The van der Waals surface area contributed by atoms with Crippen LogP contribution in [-0.4, -0.2) is 5.11 Å². The van der Waals surface area contributed by atoms with Crippen molar-refractivity contribution in [1.29, 1.82) is 0 Å². The number of aliphatic hydroxyl groups is 1. The predicted molar refractivity (Wildman–Crippen MR) is 91.5 cm³/mol. The molecule has 3 aromatic rings. The first-order valence-electron chi connectivity index (χ1n) is 7.35. The van der Waals surface area contributed by atoms with Crippen LogP contribution in [0.3, 0.4) is 0 Å². The third-order valence-electron chi connectivity index (χ3n) is 4.05. The van der Waals surface area contributed by atoms with E-state index in [2.05, 4.69) is 12.1 Å². The Morgan fingerprint density at radius 1 is 0.773 bits per heavy atom. The molecule has 0 aliphatic carbocycles. The number of benzene rings is 3. The van der Waals surface area contributed by atoms with E-state index in [0.29, 0.717) is 5.69 Å². The first-order chi connectivity index (χ1) is 10.7. The van der Waals surface area contributed by atoms with Crippen LogP contribution in [0.1, 0.15) is 22.8 Å². The van der Waals surface area contributed by atoms with Crippen LogP contribution in [0.25, 0.3) is 11.1 Å². The van der Waals surface area contributed by atoms with Gasteiger partial charge in [-0.1, -0.05) is 66.7 Å². The molecule has 110 valence electrons. The summed E-state index contributed by atoms with van der Waals surface area (Å²) in [6.07, 6.45) is -0.659. The lowest BCUT2D eigenvalue weighted by Gasteiger charge is -2.16. The van der Waals surface area contributed by atoms with Gasteiger partial charge in [0.2, 0.25) is 0 Å². The minimum absolute atomic E-state index is 0.659. The zero-order valence-corrected chi connectivity index (χ0v) is 12.5. The van der Waals surface area contributed by atoms with E-state index in [0.717, 1.165) is 22.3 Å². The molecule has 0 fully saturated rings. The van der Waals surface area contributed by atoms with E-state index < -0.39 is 6.10 Å². The van der Waals surface area contributed by atoms with Crippen molar-refractivity contribution in [1.82, 2.24) is 0 Å². The van der Waals surface area contributed by atoms with Gasteiger partial charge in [0.1, 0.15) is 6.10 Å². The number of aliphatic hydroxyl groups excluding tert-OH is 1. The van der Waals surface area contributed by atoms with Gasteiger partial charge in [-0.2, -0.15) is 0 Å². The normalized spacial score (nSPS) is 12.1. The van der Waals surface area contributed by atoms with E-state index in [1.165, 1.54) is 5.56 Å². The maximum atomic E-state index is 10.6. The molecule has 0 bridgehead atoms. The van der Waals surface area contributed by atoms with Crippen molar-refractivity contribution in [2.45, 2.75) is 13.0 Å². The van der Waals surface area contributed by atoms with E-state index in [1.807, 2.05) is 67.6 Å². The van der Waals surface area contributed by atoms with Crippen LogP contribution < -0.4 is 5.73 Å². The number of nitrogens with two attached hydrogens (primary N) is 1. The molecule has 0 aliphatic heterocycles. The first-order valence-corrected chi connectivity index (χ1v) is 7.35. The van der Waals surface area contributed by atoms with Crippen molar-refractivity contribution in [2.24, 2.45) is 0 Å². The molecule has 3 aromatic carbocycles. The second-order valence-electron chi connectivity index (χ2n) is 5.45. The van der Waals surface area contributed by atoms with Gasteiger partial charge < -0.3 is 10.8 Å². The van der Waals surface area contributed by atoms with E-state index in [4.69, 9.17) is 5.73 Å². The van der Waals surface area contributed by atoms with Crippen LogP contribution in [0.4, 0.5) is 5.69 Å². The Morgan fingerprint density at radius 2 is 1.41 bits per heavy atom. The average molecular weight is 289 g/mol. The number of hydrogen-bond donors (Lipinski definition) is 2. The van der Waals surface area contributed by atoms with Crippen LogP contribution in [0.5, 0.6) is 0 Å². The molecule has 0 saturated heterocycles. The molecule has 0 saturated carbocycles. The largest absolute Gasteiger partial charge is 0.399 e. The van der Waals surface area contributed by atoms with Crippen molar-refractivity contribution in [3.8, 4) is 11.1 Å². The summed E-state index contributed by atoms with van der Waals surface area (Å²) in [4.78, 5) is 0. The van der Waals surface area contributed by atoms with Crippen LogP contribution >= 0.6 is 0 Å². The van der Waals surface area contributed by atoms with E-state index in [9.17, 15) is 5.11 Å². The van der Waals surface area contributed by atoms with Gasteiger partial charge in [-0.15, -0.1) is 0 Å². The molecule has 0 amide bonds. The molecule has 0 heterocycles. The monoisotopic (exact) mass is 289 g/mol. The summed E-state index contributed by atoms with van der Waals surface area (Å²) in [5.41, 5.74) is 11.6. The smallest absolute Gasteiger partial charge is 0.104 e. The Hall–Kier alpha value is -2.58. The molecule has 2 nitrogen and oxygen atoms in total. The van der Waals surface area contributed by atoms with Crippen molar-refractivity contribution in [3.05, 3.63) is 89.5 Å². The molecule has 0 spiro atoms. The lowest BCUT2D eigenvalue weighted by Crippen LogP contribution is -2.04. The van der Waals surface area contributed by atoms with Crippen LogP contribution in [0.15, 0.2) is 72.8 Å². The summed E-state index contributed by atoms with van der Waals surface area (Å²) in [6.45, 7) is 1.94. The Balaban J connectivity index is 1.91. The maximum Gasteiger partial charge on any atom is 0.104 e. The summed E-state index contributed by atoms with van der Waals surface area (Å²) in [7, 11) is 0. The van der Waals surface area contributed by atoms with E-state index in [1.54, 1.807) is 0 Å². The van der Waals surface area contributed by atoms with Gasteiger partial charge in [-0.25, -0.2) is 0 Å². The molecule has 0 aliphatic rings. The number of anilines is 1. The van der Waals surface area contributed by atoms with Crippen molar-refractivity contribution >= 4 is 5.69 Å². The lowest BCUT2D eigenvalue weighted by molar-refractivity contribution is 0.219. The minimum atomic E-state index is -0.659. The van der Waals surface area contributed by atoms with Crippen LogP contribution in [0.2, 0.25) is 0 Å². The number of nitrogen functional groups attached to an aromatic ring is 1. The van der Waals surface area contributed by atoms with Gasteiger partial charge in [-0.3, -0.25) is 0 Å². The van der Waals surface area contributed by atoms with Crippen molar-refractivity contribution in [2.75, 3.05) is 5.73 Å². The molecular formula is C20H19NO. The molecule has 2 heteroatoms. The molecular weight excluding hydrogens is 270 g/mol. The third-order valence-corrected chi connectivity index (χ3v) is 4.05. The van der Waals surface area contributed by atoms with Gasteiger partial charge in [0.15, 0.2) is 0 Å². The van der Waals surface area contributed by atoms with E-state index >= 15 is 0 Å². The number of rotatable bonds is 3. The predicted octanol–water partition coefficient (Wildman–Crippen LogP) is 4.33. The topological polar surface area (TPSA) is 46.2 Å². The summed E-state index contributed by atoms with van der Waals surface area (Å²) in [6, 6.07) is 23.9. The summed E-state index contributed by atoms with van der Waals surface area (Å²) < 4.78 is 0. The quantitative estimate of drug-likeness (QED) is 0.705. The van der Waals surface area contributed by atoms with Gasteiger partial charge in [0, 0.05) is 5.69 Å². The molecule has 0 radical (unpaired) electrons. The van der Waals surface area contributed by atoms with Gasteiger partial charge in [0.05, 0.1) is 0 Å². The standard InChI is InChI=1S/C20H19NO/c1-14-18(8-5-9-19(14)21)20(22)17-12-10-16(11-13-17)15-6-3-2-4-7-15/h2-13,20,22H,21H2,1H3. The van der Waals surface area contributed by atoms with E-state index in [-0.39, 0.29) is 0 Å². The maximum absolute atomic E-state index is 10.6. The summed E-state index contributed by atoms with van der Waals surface area (Å²) in [5, 5.41) is 10.6. The van der Waals surface area contributed by atoms with Crippen molar-refractivity contribution < 1.29 is 5.11 Å². The van der Waals surface area contributed by atoms with Crippen LogP contribution in [0, 0.1) is 6.92 Å². The fraction of sp³-hybridized carbons (Fsp3) is 0.100. The fourth-order valence-corrected chi connectivity index (χ4v) is 2.64.